The van der Waals surface area contributed by atoms with Crippen molar-refractivity contribution in [3.8, 4) is 0 Å². The first-order chi connectivity index (χ1) is 7.91. The number of nitrogens with zero attached hydrogens (tertiary/aromatic N) is 2. The van der Waals surface area contributed by atoms with Crippen LogP contribution in [-0.4, -0.2) is 40.6 Å². The van der Waals surface area contributed by atoms with Crippen molar-refractivity contribution in [1.82, 2.24) is 10.1 Å². The third kappa shape index (κ3) is 3.58. The lowest BCUT2D eigenvalue weighted by atomic mass is 10.1. The van der Waals surface area contributed by atoms with Crippen LogP contribution in [0.25, 0.3) is 0 Å². The van der Waals surface area contributed by atoms with E-state index in [-0.39, 0.29) is 17.4 Å². The van der Waals surface area contributed by atoms with Gasteiger partial charge < -0.3 is 14.5 Å². The summed E-state index contributed by atoms with van der Waals surface area (Å²) >= 11 is 0. The van der Waals surface area contributed by atoms with E-state index in [9.17, 15) is 9.59 Å². The van der Waals surface area contributed by atoms with Crippen LogP contribution in [0.5, 0.6) is 0 Å². The summed E-state index contributed by atoms with van der Waals surface area (Å²) in [4.78, 5) is 23.9. The van der Waals surface area contributed by atoms with Gasteiger partial charge in [0.25, 0.3) is 5.91 Å². The molecule has 0 aliphatic heterocycles. The number of amides is 1. The Kier molecular flexibility index (Phi) is 4.25. The van der Waals surface area contributed by atoms with Crippen LogP contribution in [0.4, 0.5) is 0 Å². The number of hydrogen-bond donors (Lipinski definition) is 1. The molecule has 94 valence electrons. The van der Waals surface area contributed by atoms with Gasteiger partial charge in [0.1, 0.15) is 0 Å². The molecule has 0 saturated carbocycles. The van der Waals surface area contributed by atoms with Gasteiger partial charge in [-0.25, -0.2) is 4.79 Å². The second-order valence-corrected chi connectivity index (χ2v) is 4.29. The Morgan fingerprint density at radius 2 is 2.18 bits per heavy atom. The summed E-state index contributed by atoms with van der Waals surface area (Å²) < 4.78 is 4.53. The molecular weight excluding hydrogens is 224 g/mol. The zero-order valence-electron chi connectivity index (χ0n) is 10.1. The fourth-order valence-electron chi connectivity index (χ4n) is 1.23. The van der Waals surface area contributed by atoms with Crippen molar-refractivity contribution in [3.63, 3.8) is 0 Å². The molecule has 0 radical (unpaired) electrons. The zero-order valence-corrected chi connectivity index (χ0v) is 10.1. The number of carbonyl (C=O) groups excluding carboxylic acids is 1. The highest BCUT2D eigenvalue weighted by Gasteiger charge is 2.19. The Labute approximate surface area is 99.2 Å². The molecule has 0 unspecified atom stereocenters. The Balaban J connectivity index is 2.65. The molecule has 1 rings (SSSR count). The molecule has 0 spiro atoms. The maximum Gasteiger partial charge on any atom is 0.374 e. The van der Waals surface area contributed by atoms with Crippen molar-refractivity contribution in [2.24, 2.45) is 5.92 Å². The van der Waals surface area contributed by atoms with E-state index in [2.05, 4.69) is 23.5 Å². The fraction of sp³-hybridized carbons (Fsp3) is 0.545. The molecule has 0 bridgehead atoms. The number of hydrogen-bond acceptors (Lipinski definition) is 4. The van der Waals surface area contributed by atoms with Crippen molar-refractivity contribution in [3.05, 3.63) is 17.5 Å². The number of carboxylic acid groups (broad SMARTS) is 1. The Morgan fingerprint density at radius 1 is 1.53 bits per heavy atom. The standard InChI is InChI=1S/C11H16N2O4/c1-7(2)4-5-13(3)10(14)8-6-9(11(15)16)17-12-8/h6-7H,4-5H2,1-3H3,(H,15,16). The van der Waals surface area contributed by atoms with E-state index in [0.29, 0.717) is 12.5 Å². The molecule has 0 aliphatic carbocycles. The van der Waals surface area contributed by atoms with Crippen LogP contribution in [0.2, 0.25) is 0 Å². The molecule has 0 aliphatic rings. The van der Waals surface area contributed by atoms with Crippen molar-refractivity contribution in [2.75, 3.05) is 13.6 Å². The molecule has 6 heteroatoms. The first-order valence-corrected chi connectivity index (χ1v) is 5.37. The molecule has 6 nitrogen and oxygen atoms in total. The van der Waals surface area contributed by atoms with Crippen molar-refractivity contribution < 1.29 is 19.2 Å². The number of rotatable bonds is 5. The molecule has 1 N–H and O–H groups in total. The highest BCUT2D eigenvalue weighted by molar-refractivity contribution is 5.94. The van der Waals surface area contributed by atoms with Gasteiger partial charge in [-0.3, -0.25) is 4.79 Å². The van der Waals surface area contributed by atoms with E-state index in [0.717, 1.165) is 12.5 Å². The monoisotopic (exact) mass is 240 g/mol. The highest BCUT2D eigenvalue weighted by Crippen LogP contribution is 2.08. The average molecular weight is 240 g/mol. The van der Waals surface area contributed by atoms with Crippen LogP contribution in [0.1, 0.15) is 41.3 Å². The SMILES string of the molecule is CC(C)CCN(C)C(=O)c1cc(C(=O)O)on1. The predicted molar refractivity (Wildman–Crippen MR) is 59.9 cm³/mol. The van der Waals surface area contributed by atoms with Crippen LogP contribution in [0, 0.1) is 5.92 Å². The topological polar surface area (TPSA) is 83.6 Å². The van der Waals surface area contributed by atoms with Crippen LogP contribution in [0.3, 0.4) is 0 Å². The smallest absolute Gasteiger partial charge is 0.374 e. The van der Waals surface area contributed by atoms with Gasteiger partial charge in [0, 0.05) is 19.7 Å². The summed E-state index contributed by atoms with van der Waals surface area (Å²) in [7, 11) is 1.65. The van der Waals surface area contributed by atoms with Crippen molar-refractivity contribution >= 4 is 11.9 Å². The van der Waals surface area contributed by atoms with Gasteiger partial charge in [0.15, 0.2) is 5.69 Å². The van der Waals surface area contributed by atoms with Crippen LogP contribution in [-0.2, 0) is 0 Å². The summed E-state index contributed by atoms with van der Waals surface area (Å²) in [6, 6.07) is 1.14. The maximum atomic E-state index is 11.8. The Morgan fingerprint density at radius 3 is 2.65 bits per heavy atom. The summed E-state index contributed by atoms with van der Waals surface area (Å²) in [5, 5.41) is 12.1. The molecule has 1 aromatic heterocycles. The quantitative estimate of drug-likeness (QED) is 0.842. The minimum Gasteiger partial charge on any atom is -0.475 e. The van der Waals surface area contributed by atoms with Gasteiger partial charge in [0.2, 0.25) is 5.76 Å². The molecule has 0 aromatic carbocycles. The minimum atomic E-state index is -1.23. The number of aromatic nitrogens is 1. The van der Waals surface area contributed by atoms with Crippen LogP contribution in [0.15, 0.2) is 10.6 Å². The fourth-order valence-corrected chi connectivity index (χ4v) is 1.23. The minimum absolute atomic E-state index is 0.0219. The largest absolute Gasteiger partial charge is 0.475 e. The molecule has 1 aromatic rings. The van der Waals surface area contributed by atoms with Crippen LogP contribution < -0.4 is 0 Å². The lowest BCUT2D eigenvalue weighted by molar-refractivity contribution is 0.0649. The van der Waals surface area contributed by atoms with Crippen molar-refractivity contribution in [1.29, 1.82) is 0 Å². The van der Waals surface area contributed by atoms with E-state index in [1.54, 1.807) is 7.05 Å². The molecule has 1 heterocycles. The van der Waals surface area contributed by atoms with Crippen LogP contribution >= 0.6 is 0 Å². The summed E-state index contributed by atoms with van der Waals surface area (Å²) in [5.41, 5.74) is 0.0219. The summed E-state index contributed by atoms with van der Waals surface area (Å²) in [6.07, 6.45) is 0.881. The average Bonchev–Trinajstić information content (AvgIpc) is 2.73. The van der Waals surface area contributed by atoms with Gasteiger partial charge >= 0.3 is 5.97 Å². The number of carboxylic acids is 1. The summed E-state index contributed by atoms with van der Waals surface area (Å²) in [6.45, 7) is 4.74. The highest BCUT2D eigenvalue weighted by atomic mass is 16.5. The molecule has 0 saturated heterocycles. The maximum absolute atomic E-state index is 11.8. The molecule has 0 atom stereocenters. The number of carbonyl (C=O) groups is 2. The third-order valence-corrected chi connectivity index (χ3v) is 2.33. The first kappa shape index (κ1) is 13.2. The molecular formula is C11H16N2O4. The van der Waals surface area contributed by atoms with E-state index in [4.69, 9.17) is 5.11 Å². The Bertz CT molecular complexity index is 411. The number of aromatic carboxylic acids is 1. The van der Waals surface area contributed by atoms with Crippen molar-refractivity contribution in [2.45, 2.75) is 20.3 Å². The zero-order chi connectivity index (χ0) is 13.0. The lowest BCUT2D eigenvalue weighted by Gasteiger charge is -2.16. The van der Waals surface area contributed by atoms with E-state index in [1.165, 1.54) is 4.90 Å². The lowest BCUT2D eigenvalue weighted by Crippen LogP contribution is -2.28. The van der Waals surface area contributed by atoms with E-state index in [1.807, 2.05) is 0 Å². The Hall–Kier alpha value is -1.85. The second-order valence-electron chi connectivity index (χ2n) is 4.29. The van der Waals surface area contributed by atoms with Gasteiger partial charge in [0.05, 0.1) is 0 Å². The van der Waals surface area contributed by atoms with Gasteiger partial charge in [-0.1, -0.05) is 19.0 Å². The summed E-state index contributed by atoms with van der Waals surface area (Å²) in [5.74, 6) is -1.40. The molecule has 17 heavy (non-hydrogen) atoms. The van der Waals surface area contributed by atoms with E-state index < -0.39 is 5.97 Å². The van der Waals surface area contributed by atoms with Gasteiger partial charge in [-0.05, 0) is 12.3 Å². The third-order valence-electron chi connectivity index (χ3n) is 2.33. The molecule has 0 fully saturated rings. The van der Waals surface area contributed by atoms with Gasteiger partial charge in [-0.2, -0.15) is 0 Å². The first-order valence-electron chi connectivity index (χ1n) is 5.37. The van der Waals surface area contributed by atoms with E-state index >= 15 is 0 Å². The van der Waals surface area contributed by atoms with Gasteiger partial charge in [-0.15, -0.1) is 0 Å². The predicted octanol–water partition coefficient (Wildman–Crippen LogP) is 1.49. The molecule has 1 amide bonds. The normalized spacial score (nSPS) is 10.6. The second kappa shape index (κ2) is 5.47.